The van der Waals surface area contributed by atoms with Gasteiger partial charge in [0, 0.05) is 12.4 Å². The molecule has 2 aromatic heterocycles. The van der Waals surface area contributed by atoms with Crippen LogP contribution in [0.25, 0.3) is 5.69 Å². The smallest absolute Gasteiger partial charge is 0.244 e. The van der Waals surface area contributed by atoms with Crippen molar-refractivity contribution in [3.05, 3.63) is 53.9 Å². The van der Waals surface area contributed by atoms with E-state index in [4.69, 9.17) is 4.52 Å². The number of sulfonamides is 1. The number of hydrogen-bond donors (Lipinski definition) is 1. The predicted molar refractivity (Wildman–Crippen MR) is 86.1 cm³/mol. The molecule has 1 N–H and O–H groups in total. The van der Waals surface area contributed by atoms with Crippen LogP contribution in [-0.2, 0) is 10.0 Å². The molecule has 3 rings (SSSR count). The van der Waals surface area contributed by atoms with Crippen molar-refractivity contribution in [2.24, 2.45) is 0 Å². The summed E-state index contributed by atoms with van der Waals surface area (Å²) in [7, 11) is -3.76. The van der Waals surface area contributed by atoms with E-state index in [1.165, 1.54) is 0 Å². The molecule has 0 saturated carbocycles. The Bertz CT molecular complexity index is 947. The number of benzene rings is 1. The first-order chi connectivity index (χ1) is 11.4. The molecule has 9 heteroatoms. The summed E-state index contributed by atoms with van der Waals surface area (Å²) in [6, 6.07) is 6.27. The molecule has 126 valence electrons. The third kappa shape index (κ3) is 3.22. The molecular weight excluding hydrogens is 330 g/mol. The zero-order chi connectivity index (χ0) is 17.3. The molecule has 1 aromatic carbocycles. The first-order valence-electron chi connectivity index (χ1n) is 7.30. The predicted octanol–water partition coefficient (Wildman–Crippen LogP) is 1.91. The lowest BCUT2D eigenvalue weighted by molar-refractivity contribution is 0.351. The van der Waals surface area contributed by atoms with Crippen LogP contribution in [-0.4, -0.2) is 28.3 Å². The molecule has 0 aliphatic heterocycles. The molecule has 24 heavy (non-hydrogen) atoms. The Balaban J connectivity index is 1.93. The molecule has 0 fully saturated rings. The van der Waals surface area contributed by atoms with E-state index in [1.807, 2.05) is 6.07 Å². The van der Waals surface area contributed by atoms with Crippen LogP contribution in [0.3, 0.4) is 0 Å². The molecule has 2 heterocycles. The number of nitrogens with one attached hydrogen (secondary N) is 1. The van der Waals surface area contributed by atoms with Crippen LogP contribution in [0.15, 0.2) is 46.1 Å². The second-order valence-electron chi connectivity index (χ2n) is 5.42. The van der Waals surface area contributed by atoms with Gasteiger partial charge in [-0.05, 0) is 44.5 Å². The number of hydrogen-bond acceptors (Lipinski definition) is 6. The van der Waals surface area contributed by atoms with Crippen molar-refractivity contribution in [2.45, 2.75) is 31.7 Å². The highest BCUT2D eigenvalue weighted by molar-refractivity contribution is 7.89. The van der Waals surface area contributed by atoms with Gasteiger partial charge in [0.15, 0.2) is 5.82 Å². The molecule has 0 saturated heterocycles. The lowest BCUT2D eigenvalue weighted by Crippen LogP contribution is -2.27. The fraction of sp³-hybridized carbons (Fsp3) is 0.267. The molecule has 0 spiro atoms. The fourth-order valence-corrected chi connectivity index (χ4v) is 3.74. The average molecular weight is 347 g/mol. The highest BCUT2D eigenvalue weighted by atomic mass is 32.2. The number of aromatic nitrogens is 4. The highest BCUT2D eigenvalue weighted by Crippen LogP contribution is 2.21. The van der Waals surface area contributed by atoms with Gasteiger partial charge in [-0.25, -0.2) is 13.1 Å². The Morgan fingerprint density at radius 1 is 1.29 bits per heavy atom. The lowest BCUT2D eigenvalue weighted by atomic mass is 10.2. The van der Waals surface area contributed by atoms with Crippen molar-refractivity contribution in [3.63, 3.8) is 0 Å². The highest BCUT2D eigenvalue weighted by Gasteiger charge is 2.24. The van der Waals surface area contributed by atoms with Crippen LogP contribution >= 0.6 is 0 Å². The molecule has 0 aliphatic carbocycles. The van der Waals surface area contributed by atoms with Crippen LogP contribution < -0.4 is 4.72 Å². The van der Waals surface area contributed by atoms with E-state index in [0.29, 0.717) is 17.1 Å². The second kappa shape index (κ2) is 6.17. The maximum atomic E-state index is 12.7. The maximum Gasteiger partial charge on any atom is 0.244 e. The number of rotatable bonds is 5. The molecule has 0 bridgehead atoms. The molecule has 0 amide bonds. The summed E-state index contributed by atoms with van der Waals surface area (Å²) in [5.41, 5.74) is 1.29. The molecule has 0 unspecified atom stereocenters. The summed E-state index contributed by atoms with van der Waals surface area (Å²) in [6.07, 6.45) is 3.38. The van der Waals surface area contributed by atoms with Crippen molar-refractivity contribution in [1.29, 1.82) is 0 Å². The van der Waals surface area contributed by atoms with Crippen molar-refractivity contribution >= 4 is 10.0 Å². The first-order valence-corrected chi connectivity index (χ1v) is 8.78. The maximum absolute atomic E-state index is 12.7. The van der Waals surface area contributed by atoms with E-state index in [-0.39, 0.29) is 10.8 Å². The van der Waals surface area contributed by atoms with Gasteiger partial charge in [0.25, 0.3) is 0 Å². The quantitative estimate of drug-likeness (QED) is 0.756. The lowest BCUT2D eigenvalue weighted by Gasteiger charge is -2.13. The third-order valence-electron chi connectivity index (χ3n) is 3.48. The summed E-state index contributed by atoms with van der Waals surface area (Å²) in [4.78, 5) is 4.23. The number of nitrogens with zero attached hydrogens (tertiary/aromatic N) is 4. The fourth-order valence-electron chi connectivity index (χ4n) is 2.28. The summed E-state index contributed by atoms with van der Waals surface area (Å²) in [5, 5.41) is 7.79. The summed E-state index contributed by atoms with van der Waals surface area (Å²) >= 11 is 0. The molecule has 0 aliphatic rings. The zero-order valence-electron chi connectivity index (χ0n) is 13.5. The Labute approximate surface area is 139 Å². The SMILES string of the molecule is Cc1noc([C@H](C)NS(=O)(=O)c2cc(-n3cccn3)ccc2C)n1. The second-order valence-corrected chi connectivity index (χ2v) is 7.11. The van der Waals surface area contributed by atoms with Gasteiger partial charge >= 0.3 is 0 Å². The van der Waals surface area contributed by atoms with E-state index < -0.39 is 16.1 Å². The largest absolute Gasteiger partial charge is 0.338 e. The first kappa shape index (κ1) is 16.3. The van der Waals surface area contributed by atoms with Gasteiger partial charge in [0.1, 0.15) is 0 Å². The molecule has 3 aromatic rings. The minimum atomic E-state index is -3.76. The van der Waals surface area contributed by atoms with Crippen LogP contribution in [0.1, 0.15) is 30.2 Å². The normalized spacial score (nSPS) is 13.1. The van der Waals surface area contributed by atoms with Crippen molar-refractivity contribution in [2.75, 3.05) is 0 Å². The van der Waals surface area contributed by atoms with Crippen LogP contribution in [0.2, 0.25) is 0 Å². The van der Waals surface area contributed by atoms with Gasteiger partial charge < -0.3 is 4.52 Å². The van der Waals surface area contributed by atoms with E-state index in [1.54, 1.807) is 56.0 Å². The van der Waals surface area contributed by atoms with E-state index in [9.17, 15) is 8.42 Å². The zero-order valence-corrected chi connectivity index (χ0v) is 14.3. The van der Waals surface area contributed by atoms with Crippen molar-refractivity contribution in [3.8, 4) is 5.69 Å². The van der Waals surface area contributed by atoms with Crippen molar-refractivity contribution < 1.29 is 12.9 Å². The topological polar surface area (TPSA) is 103 Å². The van der Waals surface area contributed by atoms with E-state index in [2.05, 4.69) is 20.0 Å². The molecular formula is C15H17N5O3S. The number of aryl methyl sites for hydroxylation is 2. The average Bonchev–Trinajstić information content (AvgIpc) is 3.18. The van der Waals surface area contributed by atoms with Gasteiger partial charge in [-0.2, -0.15) is 14.8 Å². The van der Waals surface area contributed by atoms with Crippen LogP contribution in [0.4, 0.5) is 0 Å². The van der Waals surface area contributed by atoms with E-state index >= 15 is 0 Å². The summed E-state index contributed by atoms with van der Waals surface area (Å²) in [5.74, 6) is 0.671. The Morgan fingerprint density at radius 2 is 2.08 bits per heavy atom. The minimum absolute atomic E-state index is 0.179. The Kier molecular flexibility index (Phi) is 4.20. The molecule has 0 radical (unpaired) electrons. The monoisotopic (exact) mass is 347 g/mol. The van der Waals surface area contributed by atoms with Gasteiger partial charge in [-0.3, -0.25) is 0 Å². The van der Waals surface area contributed by atoms with Gasteiger partial charge in [0.2, 0.25) is 15.9 Å². The van der Waals surface area contributed by atoms with Crippen LogP contribution in [0, 0.1) is 13.8 Å². The molecule has 8 nitrogen and oxygen atoms in total. The van der Waals surface area contributed by atoms with Gasteiger partial charge in [0.05, 0.1) is 16.6 Å². The summed E-state index contributed by atoms with van der Waals surface area (Å²) in [6.45, 7) is 5.06. The van der Waals surface area contributed by atoms with Gasteiger partial charge in [-0.1, -0.05) is 11.2 Å². The Hall–Kier alpha value is -2.52. The summed E-state index contributed by atoms with van der Waals surface area (Å²) < 4.78 is 34.7. The van der Waals surface area contributed by atoms with Crippen molar-refractivity contribution in [1.82, 2.24) is 24.6 Å². The molecule has 1 atom stereocenters. The Morgan fingerprint density at radius 3 is 2.71 bits per heavy atom. The standard InChI is InChI=1S/C15H17N5O3S/c1-10-5-6-13(20-8-4-7-16-20)9-14(10)24(21,22)19-11(2)15-17-12(3)18-23-15/h4-9,11,19H,1-3H3/t11-/m0/s1. The van der Waals surface area contributed by atoms with E-state index in [0.717, 1.165) is 0 Å². The minimum Gasteiger partial charge on any atom is -0.338 e. The third-order valence-corrected chi connectivity index (χ3v) is 5.16. The van der Waals surface area contributed by atoms with Gasteiger partial charge in [-0.15, -0.1) is 0 Å². The van der Waals surface area contributed by atoms with Crippen LogP contribution in [0.5, 0.6) is 0 Å².